The second kappa shape index (κ2) is 5.58. The highest BCUT2D eigenvalue weighted by Gasteiger charge is 2.29. The summed E-state index contributed by atoms with van der Waals surface area (Å²) in [7, 11) is 0. The van der Waals surface area contributed by atoms with Crippen LogP contribution in [0.15, 0.2) is 48.5 Å². The molecule has 2 aromatic carbocycles. The number of benzene rings is 2. The van der Waals surface area contributed by atoms with Crippen molar-refractivity contribution in [3.63, 3.8) is 0 Å². The van der Waals surface area contributed by atoms with Gasteiger partial charge in [-0.15, -0.1) is 0 Å². The van der Waals surface area contributed by atoms with Crippen molar-refractivity contribution in [2.75, 3.05) is 11.5 Å². The minimum absolute atomic E-state index is 0.0290. The zero-order valence-electron chi connectivity index (χ0n) is 11.8. The fourth-order valence-electron chi connectivity index (χ4n) is 2.72. The molecule has 1 aliphatic rings. The molecule has 0 bridgehead atoms. The number of aliphatic hydroxyl groups is 1. The van der Waals surface area contributed by atoms with Gasteiger partial charge in [-0.25, -0.2) is 0 Å². The average molecular weight is 283 g/mol. The molecule has 1 N–H and O–H groups in total. The molecule has 0 aromatic heterocycles. The number of rotatable bonds is 2. The van der Waals surface area contributed by atoms with Crippen molar-refractivity contribution < 1.29 is 14.6 Å². The first kappa shape index (κ1) is 13.6. The van der Waals surface area contributed by atoms with E-state index in [0.29, 0.717) is 12.2 Å². The van der Waals surface area contributed by atoms with Gasteiger partial charge in [-0.2, -0.15) is 0 Å². The Morgan fingerprint density at radius 3 is 2.52 bits per heavy atom. The number of carbonyl (C=O) groups is 1. The molecule has 1 atom stereocenters. The molecule has 3 rings (SSSR count). The maximum Gasteiger partial charge on any atom is 0.228 e. The first-order valence-electron chi connectivity index (χ1n) is 6.98. The fourth-order valence-corrected chi connectivity index (χ4v) is 2.72. The van der Waals surface area contributed by atoms with Gasteiger partial charge < -0.3 is 9.84 Å². The smallest absolute Gasteiger partial charge is 0.228 e. The summed E-state index contributed by atoms with van der Waals surface area (Å²) >= 11 is 0. The topological polar surface area (TPSA) is 49.8 Å². The fraction of sp³-hybridized carbons (Fsp3) is 0.235. The summed E-state index contributed by atoms with van der Waals surface area (Å²) in [6.45, 7) is 1.57. The molecule has 4 nitrogen and oxygen atoms in total. The quantitative estimate of drug-likeness (QED) is 0.921. The highest BCUT2D eigenvalue weighted by molar-refractivity contribution is 6.01. The zero-order valence-corrected chi connectivity index (χ0v) is 11.8. The number of carbonyl (C=O) groups excluding carboxylic acids is 1. The number of aliphatic hydroxyl groups excluding tert-OH is 1. The predicted octanol–water partition coefficient (Wildman–Crippen LogP) is 3.19. The number of fused-ring (bicyclic) bond motifs is 2. The van der Waals surface area contributed by atoms with Crippen LogP contribution < -0.4 is 9.64 Å². The van der Waals surface area contributed by atoms with Crippen LogP contribution in [0.4, 0.5) is 11.4 Å². The van der Waals surface area contributed by atoms with E-state index in [1.807, 2.05) is 48.5 Å². The Morgan fingerprint density at radius 1 is 1.14 bits per heavy atom. The van der Waals surface area contributed by atoms with Crippen LogP contribution in [0.2, 0.25) is 0 Å². The van der Waals surface area contributed by atoms with Crippen molar-refractivity contribution in [1.82, 2.24) is 0 Å². The lowest BCUT2D eigenvalue weighted by Gasteiger charge is -2.22. The zero-order chi connectivity index (χ0) is 14.8. The molecule has 21 heavy (non-hydrogen) atoms. The molecule has 1 aliphatic heterocycles. The Morgan fingerprint density at radius 2 is 1.81 bits per heavy atom. The van der Waals surface area contributed by atoms with Gasteiger partial charge in [0.2, 0.25) is 5.91 Å². The Hall–Kier alpha value is -2.33. The van der Waals surface area contributed by atoms with Crippen molar-refractivity contribution >= 4 is 17.3 Å². The van der Waals surface area contributed by atoms with Crippen LogP contribution in [-0.2, 0) is 4.79 Å². The van der Waals surface area contributed by atoms with Gasteiger partial charge in [-0.1, -0.05) is 30.3 Å². The van der Waals surface area contributed by atoms with Crippen LogP contribution in [0.1, 0.15) is 25.0 Å². The largest absolute Gasteiger partial charge is 0.483 e. The lowest BCUT2D eigenvalue weighted by atomic mass is 10.0. The van der Waals surface area contributed by atoms with Crippen LogP contribution in [0.5, 0.6) is 5.75 Å². The molecule has 0 saturated heterocycles. The maximum atomic E-state index is 12.2. The molecule has 0 fully saturated rings. The summed E-state index contributed by atoms with van der Waals surface area (Å²) in [4.78, 5) is 13.8. The number of para-hydroxylation sites is 3. The van der Waals surface area contributed by atoms with Crippen molar-refractivity contribution in [3.8, 4) is 5.75 Å². The van der Waals surface area contributed by atoms with Gasteiger partial charge >= 0.3 is 0 Å². The Balaban J connectivity index is 2.23. The van der Waals surface area contributed by atoms with Crippen LogP contribution in [-0.4, -0.2) is 17.6 Å². The van der Waals surface area contributed by atoms with E-state index in [1.165, 1.54) is 0 Å². The minimum atomic E-state index is -0.267. The molecule has 4 heteroatoms. The van der Waals surface area contributed by atoms with Crippen LogP contribution in [0, 0.1) is 0 Å². The average Bonchev–Trinajstić information content (AvgIpc) is 2.62. The lowest BCUT2D eigenvalue weighted by molar-refractivity contribution is -0.115. The number of hydrogen-bond donors (Lipinski definition) is 1. The van der Waals surface area contributed by atoms with Gasteiger partial charge in [0, 0.05) is 25.5 Å². The third kappa shape index (κ3) is 2.38. The van der Waals surface area contributed by atoms with Gasteiger partial charge in [0.15, 0.2) is 0 Å². The highest BCUT2D eigenvalue weighted by Crippen LogP contribution is 2.44. The van der Waals surface area contributed by atoms with E-state index in [9.17, 15) is 9.90 Å². The molecule has 108 valence electrons. The second-order valence-corrected chi connectivity index (χ2v) is 5.00. The summed E-state index contributed by atoms with van der Waals surface area (Å²) in [5, 5.41) is 9.30. The number of amides is 1. The van der Waals surface area contributed by atoms with Crippen LogP contribution >= 0.6 is 0 Å². The first-order chi connectivity index (χ1) is 10.2. The van der Waals surface area contributed by atoms with Gasteiger partial charge in [-0.3, -0.25) is 9.69 Å². The van der Waals surface area contributed by atoms with Crippen molar-refractivity contribution in [3.05, 3.63) is 54.1 Å². The van der Waals surface area contributed by atoms with Gasteiger partial charge in [0.25, 0.3) is 0 Å². The molecule has 1 amide bonds. The molecule has 1 heterocycles. The molecule has 0 radical (unpaired) electrons. The predicted molar refractivity (Wildman–Crippen MR) is 80.8 cm³/mol. The van der Waals surface area contributed by atoms with Gasteiger partial charge in [-0.05, 0) is 18.2 Å². The molecule has 0 spiro atoms. The number of hydrogen-bond acceptors (Lipinski definition) is 3. The standard InChI is InChI=1S/C17H17NO3/c1-12(20)18-14-7-3-2-6-13(14)16(10-11-19)21-17-9-5-4-8-15(17)18/h2-9,16,19H,10-11H2,1H3. The van der Waals surface area contributed by atoms with E-state index in [4.69, 9.17) is 4.74 Å². The first-order valence-corrected chi connectivity index (χ1v) is 6.98. The molecule has 0 aliphatic carbocycles. The summed E-state index contributed by atoms with van der Waals surface area (Å²) in [5.74, 6) is 0.588. The SMILES string of the molecule is CC(=O)N1c2ccccc2OC(CCO)c2ccccc21. The van der Waals surface area contributed by atoms with E-state index in [1.54, 1.807) is 11.8 Å². The summed E-state index contributed by atoms with van der Waals surface area (Å²) in [5.41, 5.74) is 2.46. The van der Waals surface area contributed by atoms with E-state index < -0.39 is 0 Å². The van der Waals surface area contributed by atoms with Crippen molar-refractivity contribution in [2.24, 2.45) is 0 Å². The number of ether oxygens (including phenoxy) is 1. The summed E-state index contributed by atoms with van der Waals surface area (Å²) in [6, 6.07) is 15.1. The highest BCUT2D eigenvalue weighted by atomic mass is 16.5. The third-order valence-electron chi connectivity index (χ3n) is 3.61. The second-order valence-electron chi connectivity index (χ2n) is 5.00. The number of nitrogens with zero attached hydrogens (tertiary/aromatic N) is 1. The van der Waals surface area contributed by atoms with Crippen LogP contribution in [0.25, 0.3) is 0 Å². The normalized spacial score (nSPS) is 16.5. The van der Waals surface area contributed by atoms with Crippen LogP contribution in [0.3, 0.4) is 0 Å². The Kier molecular flexibility index (Phi) is 3.62. The minimum Gasteiger partial charge on any atom is -0.483 e. The molecule has 2 aromatic rings. The van der Waals surface area contributed by atoms with E-state index in [0.717, 1.165) is 16.9 Å². The lowest BCUT2D eigenvalue weighted by Crippen LogP contribution is -2.23. The monoisotopic (exact) mass is 283 g/mol. The van der Waals surface area contributed by atoms with Crippen molar-refractivity contribution in [2.45, 2.75) is 19.4 Å². The van der Waals surface area contributed by atoms with Crippen molar-refractivity contribution in [1.29, 1.82) is 0 Å². The Labute approximate surface area is 123 Å². The molecular weight excluding hydrogens is 266 g/mol. The molecule has 0 saturated carbocycles. The van der Waals surface area contributed by atoms with Gasteiger partial charge in [0.1, 0.15) is 11.9 Å². The van der Waals surface area contributed by atoms with E-state index in [2.05, 4.69) is 0 Å². The summed E-state index contributed by atoms with van der Waals surface area (Å²) < 4.78 is 6.05. The summed E-state index contributed by atoms with van der Waals surface area (Å²) in [6.07, 6.45) is 0.216. The van der Waals surface area contributed by atoms with Gasteiger partial charge in [0.05, 0.1) is 11.4 Å². The third-order valence-corrected chi connectivity index (χ3v) is 3.61. The molecule has 1 unspecified atom stereocenters. The maximum absolute atomic E-state index is 12.2. The van der Waals surface area contributed by atoms with E-state index >= 15 is 0 Å². The molecular formula is C17H17NO3. The Bertz CT molecular complexity index is 669. The van der Waals surface area contributed by atoms with E-state index in [-0.39, 0.29) is 18.6 Å². The number of anilines is 2.